The first kappa shape index (κ1) is 12.3. The smallest absolute Gasteiger partial charge is 0.409 e. The van der Waals surface area contributed by atoms with E-state index in [1.165, 1.54) is 0 Å². The van der Waals surface area contributed by atoms with Crippen molar-refractivity contribution in [2.45, 2.75) is 44.6 Å². The number of aliphatic hydroxyl groups is 1. The summed E-state index contributed by atoms with van der Waals surface area (Å²) in [6.07, 6.45) is 4.30. The van der Waals surface area contributed by atoms with Crippen molar-refractivity contribution < 1.29 is 14.6 Å². The Balaban J connectivity index is 2.32. The number of hydrogen-bond donors (Lipinski definition) is 1. The molecule has 0 aromatic heterocycles. The molecular formula is C11H21NO3. The maximum atomic E-state index is 11.6. The Kier molecular flexibility index (Phi) is 4.39. The van der Waals surface area contributed by atoms with Crippen LogP contribution >= 0.6 is 0 Å². The highest BCUT2D eigenvalue weighted by Crippen LogP contribution is 2.43. The fourth-order valence-electron chi connectivity index (χ4n) is 1.70. The van der Waals surface area contributed by atoms with Crippen molar-refractivity contribution in [1.29, 1.82) is 0 Å². The molecule has 0 bridgehead atoms. The number of ether oxygens (including phenoxy) is 1. The quantitative estimate of drug-likeness (QED) is 0.687. The summed E-state index contributed by atoms with van der Waals surface area (Å²) in [5.41, 5.74) is -0.113. The van der Waals surface area contributed by atoms with Gasteiger partial charge in [-0.2, -0.15) is 0 Å². The van der Waals surface area contributed by atoms with Gasteiger partial charge in [0, 0.05) is 19.2 Å². The van der Waals surface area contributed by atoms with E-state index >= 15 is 0 Å². The molecule has 1 aliphatic rings. The molecule has 0 spiro atoms. The van der Waals surface area contributed by atoms with E-state index in [4.69, 9.17) is 9.84 Å². The fourth-order valence-corrected chi connectivity index (χ4v) is 1.70. The fraction of sp³-hybridized carbons (Fsp3) is 0.909. The molecule has 1 N–H and O–H groups in total. The summed E-state index contributed by atoms with van der Waals surface area (Å²) in [5, 5.41) is 8.91. The molecule has 15 heavy (non-hydrogen) atoms. The number of unbranched alkanes of at least 4 members (excludes halogenated alkanes) is 1. The topological polar surface area (TPSA) is 49.8 Å². The molecule has 88 valence electrons. The van der Waals surface area contributed by atoms with Crippen LogP contribution in [0, 0.1) is 0 Å². The SMILES string of the molecule is CCCCOC(=O)N(C)C1(CCO)CC1. The van der Waals surface area contributed by atoms with Crippen LogP contribution in [0.2, 0.25) is 0 Å². The minimum atomic E-state index is -0.255. The van der Waals surface area contributed by atoms with Crippen molar-refractivity contribution in [3.05, 3.63) is 0 Å². The number of carbonyl (C=O) groups is 1. The first-order chi connectivity index (χ1) is 7.16. The third kappa shape index (κ3) is 3.09. The molecule has 4 heteroatoms. The van der Waals surface area contributed by atoms with Crippen LogP contribution in [-0.4, -0.2) is 41.9 Å². The van der Waals surface area contributed by atoms with Gasteiger partial charge < -0.3 is 14.7 Å². The van der Waals surface area contributed by atoms with E-state index in [1.807, 2.05) is 0 Å². The predicted octanol–water partition coefficient (Wildman–Crippen LogP) is 1.77. The van der Waals surface area contributed by atoms with E-state index < -0.39 is 0 Å². The van der Waals surface area contributed by atoms with Gasteiger partial charge in [-0.1, -0.05) is 13.3 Å². The molecule has 0 aromatic carbocycles. The molecule has 0 aliphatic heterocycles. The molecule has 0 atom stereocenters. The standard InChI is InChI=1S/C11H21NO3/c1-3-4-9-15-10(14)12(2)11(5-6-11)7-8-13/h13H,3-9H2,1-2H3. The molecule has 1 saturated carbocycles. The number of nitrogens with zero attached hydrogens (tertiary/aromatic N) is 1. The van der Waals surface area contributed by atoms with Crippen molar-refractivity contribution >= 4 is 6.09 Å². The van der Waals surface area contributed by atoms with Gasteiger partial charge in [-0.15, -0.1) is 0 Å². The zero-order valence-electron chi connectivity index (χ0n) is 9.66. The van der Waals surface area contributed by atoms with Gasteiger partial charge in [0.15, 0.2) is 0 Å². The summed E-state index contributed by atoms with van der Waals surface area (Å²) >= 11 is 0. The van der Waals surface area contributed by atoms with E-state index in [2.05, 4.69) is 6.92 Å². The van der Waals surface area contributed by atoms with Crippen LogP contribution in [0.4, 0.5) is 4.79 Å². The Hall–Kier alpha value is -0.770. The van der Waals surface area contributed by atoms with Gasteiger partial charge in [-0.05, 0) is 25.7 Å². The first-order valence-electron chi connectivity index (χ1n) is 5.68. The van der Waals surface area contributed by atoms with Crippen molar-refractivity contribution in [2.24, 2.45) is 0 Å². The highest BCUT2D eigenvalue weighted by Gasteiger charge is 2.48. The van der Waals surface area contributed by atoms with E-state index in [1.54, 1.807) is 11.9 Å². The molecule has 1 aliphatic carbocycles. The minimum absolute atomic E-state index is 0.113. The van der Waals surface area contributed by atoms with Gasteiger partial charge in [0.05, 0.1) is 6.61 Å². The second kappa shape index (κ2) is 5.35. The van der Waals surface area contributed by atoms with Crippen molar-refractivity contribution in [3.8, 4) is 0 Å². The summed E-state index contributed by atoms with van der Waals surface area (Å²) in [6.45, 7) is 2.69. The van der Waals surface area contributed by atoms with Crippen LogP contribution in [0.3, 0.4) is 0 Å². The monoisotopic (exact) mass is 215 g/mol. The minimum Gasteiger partial charge on any atom is -0.449 e. The number of hydrogen-bond acceptors (Lipinski definition) is 3. The van der Waals surface area contributed by atoms with Gasteiger partial charge >= 0.3 is 6.09 Å². The lowest BCUT2D eigenvalue weighted by atomic mass is 10.2. The molecule has 0 heterocycles. The summed E-state index contributed by atoms with van der Waals surface area (Å²) in [7, 11) is 1.76. The van der Waals surface area contributed by atoms with Crippen LogP contribution in [-0.2, 0) is 4.74 Å². The van der Waals surface area contributed by atoms with Crippen LogP contribution in [0.15, 0.2) is 0 Å². The summed E-state index contributed by atoms with van der Waals surface area (Å²) in [6, 6.07) is 0. The van der Waals surface area contributed by atoms with Gasteiger partial charge in [0.25, 0.3) is 0 Å². The lowest BCUT2D eigenvalue weighted by Gasteiger charge is -2.26. The zero-order chi connectivity index (χ0) is 11.3. The molecule has 4 nitrogen and oxygen atoms in total. The Labute approximate surface area is 91.2 Å². The Bertz CT molecular complexity index is 214. The normalized spacial score (nSPS) is 17.3. The predicted molar refractivity (Wildman–Crippen MR) is 57.7 cm³/mol. The number of carbonyl (C=O) groups excluding carboxylic acids is 1. The Morgan fingerprint density at radius 1 is 1.53 bits per heavy atom. The van der Waals surface area contributed by atoms with E-state index in [0.29, 0.717) is 13.0 Å². The van der Waals surface area contributed by atoms with Crippen molar-refractivity contribution in [2.75, 3.05) is 20.3 Å². The lowest BCUT2D eigenvalue weighted by molar-refractivity contribution is 0.0840. The van der Waals surface area contributed by atoms with E-state index in [-0.39, 0.29) is 18.2 Å². The summed E-state index contributed by atoms with van der Waals surface area (Å²) < 4.78 is 5.12. The molecule has 1 amide bonds. The molecule has 0 unspecified atom stereocenters. The van der Waals surface area contributed by atoms with Gasteiger partial charge in [-0.25, -0.2) is 4.79 Å². The van der Waals surface area contributed by atoms with E-state index in [9.17, 15) is 4.79 Å². The average molecular weight is 215 g/mol. The molecule has 1 fully saturated rings. The molecule has 0 radical (unpaired) electrons. The van der Waals surface area contributed by atoms with Gasteiger partial charge in [0.2, 0.25) is 0 Å². The molecular weight excluding hydrogens is 194 g/mol. The van der Waals surface area contributed by atoms with Crippen molar-refractivity contribution in [1.82, 2.24) is 4.90 Å². The zero-order valence-corrected chi connectivity index (χ0v) is 9.66. The molecule has 1 rings (SSSR count). The lowest BCUT2D eigenvalue weighted by Crippen LogP contribution is -2.40. The Morgan fingerprint density at radius 3 is 2.67 bits per heavy atom. The molecule has 0 aromatic rings. The van der Waals surface area contributed by atoms with E-state index in [0.717, 1.165) is 25.7 Å². The van der Waals surface area contributed by atoms with Gasteiger partial charge in [-0.3, -0.25) is 0 Å². The van der Waals surface area contributed by atoms with Crippen LogP contribution in [0.1, 0.15) is 39.0 Å². The largest absolute Gasteiger partial charge is 0.449 e. The van der Waals surface area contributed by atoms with Crippen LogP contribution in [0.25, 0.3) is 0 Å². The maximum absolute atomic E-state index is 11.6. The Morgan fingerprint density at radius 2 is 2.20 bits per heavy atom. The number of aliphatic hydroxyl groups excluding tert-OH is 1. The second-order valence-corrected chi connectivity index (χ2v) is 4.22. The highest BCUT2D eigenvalue weighted by molar-refractivity contribution is 5.69. The summed E-state index contributed by atoms with van der Waals surface area (Å²) in [5.74, 6) is 0. The maximum Gasteiger partial charge on any atom is 0.409 e. The third-order valence-corrected chi connectivity index (χ3v) is 3.11. The third-order valence-electron chi connectivity index (χ3n) is 3.11. The number of amides is 1. The average Bonchev–Trinajstić information content (AvgIpc) is 2.99. The highest BCUT2D eigenvalue weighted by atomic mass is 16.6. The van der Waals surface area contributed by atoms with Crippen molar-refractivity contribution in [3.63, 3.8) is 0 Å². The van der Waals surface area contributed by atoms with Crippen LogP contribution in [0.5, 0.6) is 0 Å². The second-order valence-electron chi connectivity index (χ2n) is 4.22. The van der Waals surface area contributed by atoms with Gasteiger partial charge in [0.1, 0.15) is 0 Å². The summed E-state index contributed by atoms with van der Waals surface area (Å²) in [4.78, 5) is 13.3. The number of rotatable bonds is 6. The first-order valence-corrected chi connectivity index (χ1v) is 5.68. The molecule has 0 saturated heterocycles. The van der Waals surface area contributed by atoms with Crippen LogP contribution < -0.4 is 0 Å².